The zero-order chi connectivity index (χ0) is 31.0. The fourth-order valence-corrected chi connectivity index (χ4v) is 7.85. The summed E-state index contributed by atoms with van der Waals surface area (Å²) >= 11 is 0. The molecule has 3 N–H and O–H groups in total. The van der Waals surface area contributed by atoms with Gasteiger partial charge in [-0.2, -0.15) is 13.2 Å². The molecule has 2 unspecified atom stereocenters. The Balaban J connectivity index is 1.28. The molecular formula is C32H30F3N5O4. The van der Waals surface area contributed by atoms with Crippen LogP contribution in [0.25, 0.3) is 16.8 Å². The van der Waals surface area contributed by atoms with Crippen LogP contribution < -0.4 is 10.5 Å². The third-order valence-electron chi connectivity index (χ3n) is 10.0. The van der Waals surface area contributed by atoms with Gasteiger partial charge in [-0.15, -0.1) is 0 Å². The lowest BCUT2D eigenvalue weighted by Crippen LogP contribution is -2.50. The highest BCUT2D eigenvalue weighted by atomic mass is 19.4. The molecule has 0 spiro atoms. The number of aliphatic carboxylic acids is 1. The van der Waals surface area contributed by atoms with Crippen molar-refractivity contribution in [3.8, 4) is 17.0 Å². The Kier molecular flexibility index (Phi) is 6.28. The lowest BCUT2D eigenvalue weighted by Gasteiger charge is -2.50. The second-order valence-electron chi connectivity index (χ2n) is 12.2. The predicted molar refractivity (Wildman–Crippen MR) is 153 cm³/mol. The average molecular weight is 606 g/mol. The van der Waals surface area contributed by atoms with E-state index in [-0.39, 0.29) is 47.4 Å². The molecule has 4 saturated carbocycles. The van der Waals surface area contributed by atoms with Crippen LogP contribution in [-0.4, -0.2) is 42.8 Å². The molecule has 4 aliphatic rings. The Hall–Kier alpha value is -4.48. The second-order valence-corrected chi connectivity index (χ2v) is 12.2. The van der Waals surface area contributed by atoms with E-state index in [0.717, 1.165) is 43.4 Å². The number of alkyl halides is 3. The number of fused-ring (bicyclic) bond motifs is 3. The maximum Gasteiger partial charge on any atom is 0.416 e. The minimum Gasteiger partial charge on any atom is -0.493 e. The molecule has 4 fully saturated rings. The summed E-state index contributed by atoms with van der Waals surface area (Å²) in [6.07, 6.45) is 3.16. The molecule has 0 radical (unpaired) electrons. The first-order valence-corrected chi connectivity index (χ1v) is 14.7. The molecule has 2 atom stereocenters. The van der Waals surface area contributed by atoms with Crippen molar-refractivity contribution >= 4 is 23.1 Å². The maximum absolute atomic E-state index is 13.2. The van der Waals surface area contributed by atoms with Gasteiger partial charge in [-0.25, -0.2) is 9.97 Å². The number of carboxylic acid groups (broad SMARTS) is 1. The molecule has 0 amide bonds. The lowest BCUT2D eigenvalue weighted by molar-refractivity contribution is -0.158. The highest BCUT2D eigenvalue weighted by molar-refractivity contribution is 5.99. The number of pyridine rings is 1. The lowest BCUT2D eigenvalue weighted by atomic mass is 9.53. The molecular weight excluding hydrogens is 575 g/mol. The predicted octanol–water partition coefficient (Wildman–Crippen LogP) is 5.75. The first kappa shape index (κ1) is 28.3. The number of ether oxygens (including phenoxy) is 1. The molecule has 1 aromatic carbocycles. The van der Waals surface area contributed by atoms with Crippen LogP contribution in [-0.2, 0) is 22.8 Å². The van der Waals surface area contributed by atoms with Crippen molar-refractivity contribution in [2.75, 3.05) is 12.3 Å². The molecule has 228 valence electrons. The highest BCUT2D eigenvalue weighted by Gasteiger charge is 2.72. The van der Waals surface area contributed by atoms with Crippen molar-refractivity contribution in [3.63, 3.8) is 0 Å². The number of imidazole rings is 1. The summed E-state index contributed by atoms with van der Waals surface area (Å²) in [7, 11) is 0. The van der Waals surface area contributed by atoms with Crippen molar-refractivity contribution in [2.24, 2.45) is 17.3 Å². The van der Waals surface area contributed by atoms with E-state index in [1.807, 2.05) is 17.5 Å². The van der Waals surface area contributed by atoms with Gasteiger partial charge in [0, 0.05) is 40.8 Å². The Bertz CT molecular complexity index is 1830. The van der Waals surface area contributed by atoms with E-state index in [0.29, 0.717) is 35.4 Å². The van der Waals surface area contributed by atoms with Crippen LogP contribution in [0.15, 0.2) is 48.9 Å². The number of carboxylic acids is 1. The Labute approximate surface area is 250 Å². The zero-order valence-corrected chi connectivity index (χ0v) is 23.9. The van der Waals surface area contributed by atoms with Gasteiger partial charge in [-0.3, -0.25) is 19.0 Å². The van der Waals surface area contributed by atoms with Gasteiger partial charge >= 0.3 is 12.1 Å². The first-order valence-electron chi connectivity index (χ1n) is 14.7. The fraction of sp³-hybridized carbons (Fsp3) is 0.406. The molecule has 4 aromatic rings. The summed E-state index contributed by atoms with van der Waals surface area (Å²) in [5.74, 6) is 0.740. The third kappa shape index (κ3) is 4.17. The van der Waals surface area contributed by atoms with Gasteiger partial charge in [0.25, 0.3) is 0 Å². The summed E-state index contributed by atoms with van der Waals surface area (Å²) in [5, 5.41) is 10.1. The van der Waals surface area contributed by atoms with Crippen LogP contribution in [0, 0.1) is 17.3 Å². The van der Waals surface area contributed by atoms with Crippen molar-refractivity contribution in [1.29, 1.82) is 0 Å². The van der Waals surface area contributed by atoms with Crippen LogP contribution in [0.4, 0.5) is 19.0 Å². The van der Waals surface area contributed by atoms with E-state index in [2.05, 4.69) is 9.97 Å². The number of nitrogen functional groups attached to an aromatic ring is 1. The van der Waals surface area contributed by atoms with Crippen LogP contribution >= 0.6 is 0 Å². The number of Topliss-reactive ketones (excluding diaryl/α,β-unsaturated/α-hetero) is 1. The van der Waals surface area contributed by atoms with Crippen LogP contribution in [0.1, 0.15) is 66.5 Å². The molecule has 0 saturated heterocycles. The molecule has 9 nitrogen and oxygen atoms in total. The number of carbonyl (C=O) groups excluding carboxylic acids is 1. The number of nitrogens with two attached hydrogens (primary N) is 1. The molecule has 0 aliphatic heterocycles. The minimum atomic E-state index is -4.54. The van der Waals surface area contributed by atoms with Crippen LogP contribution in [0.5, 0.6) is 5.75 Å². The van der Waals surface area contributed by atoms with Gasteiger partial charge in [-0.1, -0.05) is 6.07 Å². The zero-order valence-electron chi connectivity index (χ0n) is 23.9. The van der Waals surface area contributed by atoms with E-state index in [9.17, 15) is 27.9 Å². The minimum absolute atomic E-state index is 0.0139. The number of hydrogen-bond acceptors (Lipinski definition) is 7. The number of benzene rings is 1. The number of ketones is 1. The number of halogens is 3. The fourth-order valence-electron chi connectivity index (χ4n) is 7.85. The van der Waals surface area contributed by atoms with Crippen molar-refractivity contribution < 1.29 is 32.6 Å². The van der Waals surface area contributed by atoms with Crippen LogP contribution in [0.2, 0.25) is 0 Å². The number of carbonyl (C=O) groups is 2. The summed E-state index contributed by atoms with van der Waals surface area (Å²) in [4.78, 5) is 38.9. The van der Waals surface area contributed by atoms with E-state index < -0.39 is 28.9 Å². The Morgan fingerprint density at radius 3 is 2.57 bits per heavy atom. The SMILES string of the molecule is CCOc1cc(C(=O)Cc2cc(C(F)(F)F)ccn2)ccc1-c1nc(C23CCC(C(=O)O)(CC2)C2CC23)n2ccnc(N)c12. The monoisotopic (exact) mass is 605 g/mol. The molecule has 8 rings (SSSR count). The molecule has 12 heteroatoms. The number of aromatic nitrogens is 4. The van der Waals surface area contributed by atoms with Gasteiger partial charge in [0.05, 0.1) is 24.0 Å². The first-order chi connectivity index (χ1) is 21.0. The smallest absolute Gasteiger partial charge is 0.416 e. The molecule has 3 aromatic heterocycles. The summed E-state index contributed by atoms with van der Waals surface area (Å²) in [6.45, 7) is 2.10. The number of anilines is 1. The van der Waals surface area contributed by atoms with Crippen molar-refractivity contribution in [2.45, 2.75) is 57.0 Å². The van der Waals surface area contributed by atoms with E-state index in [1.165, 1.54) is 0 Å². The maximum atomic E-state index is 13.2. The molecule has 3 heterocycles. The van der Waals surface area contributed by atoms with E-state index >= 15 is 0 Å². The van der Waals surface area contributed by atoms with Gasteiger partial charge in [0.15, 0.2) is 5.78 Å². The second kappa shape index (κ2) is 9.76. The molecule has 4 aliphatic carbocycles. The summed E-state index contributed by atoms with van der Waals surface area (Å²) < 4.78 is 47.5. The number of nitrogens with zero attached hydrogens (tertiary/aromatic N) is 4. The molecule has 44 heavy (non-hydrogen) atoms. The van der Waals surface area contributed by atoms with Crippen LogP contribution in [0.3, 0.4) is 0 Å². The van der Waals surface area contributed by atoms with Crippen molar-refractivity contribution in [3.05, 3.63) is 71.6 Å². The van der Waals surface area contributed by atoms with Gasteiger partial charge < -0.3 is 15.6 Å². The number of hydrogen-bond donors (Lipinski definition) is 2. The summed E-state index contributed by atoms with van der Waals surface area (Å²) in [5.41, 5.74) is 6.66. The van der Waals surface area contributed by atoms with Gasteiger partial charge in [0.2, 0.25) is 0 Å². The van der Waals surface area contributed by atoms with Gasteiger partial charge in [0.1, 0.15) is 28.6 Å². The summed E-state index contributed by atoms with van der Waals surface area (Å²) in [6, 6.07) is 6.63. The van der Waals surface area contributed by atoms with E-state index in [1.54, 1.807) is 24.4 Å². The Morgan fingerprint density at radius 1 is 1.09 bits per heavy atom. The Morgan fingerprint density at radius 2 is 1.86 bits per heavy atom. The van der Waals surface area contributed by atoms with Crippen molar-refractivity contribution in [1.82, 2.24) is 19.4 Å². The van der Waals surface area contributed by atoms with E-state index in [4.69, 9.17) is 15.5 Å². The highest BCUT2D eigenvalue weighted by Crippen LogP contribution is 2.73. The topological polar surface area (TPSA) is 133 Å². The average Bonchev–Trinajstić information content (AvgIpc) is 3.75. The van der Waals surface area contributed by atoms with Gasteiger partial charge in [-0.05, 0) is 75.1 Å². The standard InChI is InChI=1S/C32H30F3N5O4/c1-2-44-24-13-17(23(41)15-19-14-18(5-10-37-19)32(33,34)35)3-4-20(24)25-26-27(36)38-11-12-40(26)28(39-25)30-6-8-31(9-7-30,29(42)43)22-16-21(22)30/h3-5,10-14,21-22H,2,6-9,15-16H2,1H3,(H2,36,38)(H,42,43). The third-order valence-corrected chi connectivity index (χ3v) is 10.0. The largest absolute Gasteiger partial charge is 0.493 e. The number of rotatable bonds is 8. The molecule has 2 bridgehead atoms. The normalized spacial score (nSPS) is 25.5. The quantitative estimate of drug-likeness (QED) is 0.243.